The number of aromatic carboxylic acids is 1. The molecule has 0 fully saturated rings. The van der Waals surface area contributed by atoms with Gasteiger partial charge < -0.3 is 14.9 Å². The number of carbonyl (C=O) groups is 1. The molecule has 0 aliphatic rings. The molecule has 0 saturated carbocycles. The van der Waals surface area contributed by atoms with Crippen molar-refractivity contribution in [1.82, 2.24) is 0 Å². The van der Waals surface area contributed by atoms with Gasteiger partial charge in [0.15, 0.2) is 0 Å². The topological polar surface area (TPSA) is 103 Å². The smallest absolute Gasteiger partial charge is 0.343 e. The number of nitriles is 1. The second-order valence-electron chi connectivity index (χ2n) is 3.88. The predicted octanol–water partition coefficient (Wildman–Crippen LogP) is 2.15. The van der Waals surface area contributed by atoms with E-state index in [1.165, 1.54) is 6.07 Å². The molecule has 0 aromatic heterocycles. The zero-order valence-corrected chi connectivity index (χ0v) is 11.4. The number of carboxylic acids is 1. The van der Waals surface area contributed by atoms with E-state index >= 15 is 0 Å². The van der Waals surface area contributed by atoms with Crippen LogP contribution in [0.25, 0.3) is 0 Å². The number of phenols is 1. The summed E-state index contributed by atoms with van der Waals surface area (Å²) in [5, 5.41) is 27.6. The van der Waals surface area contributed by atoms with Gasteiger partial charge in [0.05, 0.1) is 17.3 Å². The Morgan fingerprint density at radius 1 is 1.57 bits per heavy atom. The van der Waals surface area contributed by atoms with Crippen molar-refractivity contribution in [3.63, 3.8) is 0 Å². The van der Waals surface area contributed by atoms with Crippen LogP contribution in [0.2, 0.25) is 0 Å². The molecule has 108 valence electrons. The molecule has 21 heavy (non-hydrogen) atoms. The lowest BCUT2D eigenvalue weighted by atomic mass is 10.1. The van der Waals surface area contributed by atoms with Gasteiger partial charge in [0.2, 0.25) is 0 Å². The molecule has 0 spiro atoms. The minimum atomic E-state index is -1.34. The first kappa shape index (κ1) is 16.0. The highest BCUT2D eigenvalue weighted by molar-refractivity contribution is 5.97. The Balaban J connectivity index is 3.09. The number of hydrogen-bond donors (Lipinski definition) is 2. The number of carboxylic acid groups (broad SMARTS) is 1. The summed E-state index contributed by atoms with van der Waals surface area (Å²) in [4.78, 5) is 15.1. The average Bonchev–Trinajstić information content (AvgIpc) is 2.46. The maximum absolute atomic E-state index is 11.1. The molecule has 0 aliphatic carbocycles. The van der Waals surface area contributed by atoms with Crippen LogP contribution in [-0.4, -0.2) is 35.5 Å². The number of benzene rings is 1. The van der Waals surface area contributed by atoms with Crippen LogP contribution >= 0.6 is 0 Å². The SMILES string of the molecule is C=C/C=C\C(COc1cc(C#N)cc(O)c1C(=O)O)=NC. The third kappa shape index (κ3) is 4.21. The van der Waals surface area contributed by atoms with Gasteiger partial charge in [-0.15, -0.1) is 0 Å². The molecule has 0 amide bonds. The van der Waals surface area contributed by atoms with Crippen LogP contribution in [0.15, 0.2) is 41.9 Å². The third-order valence-electron chi connectivity index (χ3n) is 2.51. The van der Waals surface area contributed by atoms with Crippen molar-refractivity contribution in [3.8, 4) is 17.6 Å². The Hall–Kier alpha value is -3.07. The fourth-order valence-corrected chi connectivity index (χ4v) is 1.51. The first-order chi connectivity index (χ1) is 10.0. The van der Waals surface area contributed by atoms with E-state index in [0.29, 0.717) is 5.71 Å². The van der Waals surface area contributed by atoms with Gasteiger partial charge in [-0.2, -0.15) is 5.26 Å². The molecule has 1 aromatic carbocycles. The van der Waals surface area contributed by atoms with E-state index in [9.17, 15) is 9.90 Å². The Labute approximate surface area is 121 Å². The van der Waals surface area contributed by atoms with Gasteiger partial charge >= 0.3 is 5.97 Å². The van der Waals surface area contributed by atoms with Gasteiger partial charge in [0.25, 0.3) is 0 Å². The summed E-state index contributed by atoms with van der Waals surface area (Å²) in [6.07, 6.45) is 4.88. The first-order valence-electron chi connectivity index (χ1n) is 5.91. The standard InChI is InChI=1S/C15H14N2O4/c1-3-4-5-11(17-2)9-21-13-7-10(8-16)6-12(18)14(13)15(19)20/h3-7,18H,1,9H2,2H3,(H,19,20)/b5-4-,17-11?. The van der Waals surface area contributed by atoms with Crippen LogP contribution in [-0.2, 0) is 0 Å². The molecule has 6 heteroatoms. The molecular weight excluding hydrogens is 272 g/mol. The summed E-state index contributed by atoms with van der Waals surface area (Å²) in [6.45, 7) is 3.52. The van der Waals surface area contributed by atoms with Crippen molar-refractivity contribution in [2.45, 2.75) is 0 Å². The van der Waals surface area contributed by atoms with E-state index < -0.39 is 17.3 Å². The fourth-order valence-electron chi connectivity index (χ4n) is 1.51. The second kappa shape index (κ2) is 7.50. The van der Waals surface area contributed by atoms with Crippen LogP contribution in [0.5, 0.6) is 11.5 Å². The van der Waals surface area contributed by atoms with Gasteiger partial charge in [-0.25, -0.2) is 4.79 Å². The van der Waals surface area contributed by atoms with Crippen molar-refractivity contribution >= 4 is 11.7 Å². The molecule has 1 aromatic rings. The minimum absolute atomic E-state index is 0.00452. The monoisotopic (exact) mass is 286 g/mol. The van der Waals surface area contributed by atoms with E-state index in [-0.39, 0.29) is 17.9 Å². The van der Waals surface area contributed by atoms with Gasteiger partial charge in [0, 0.05) is 7.05 Å². The molecule has 0 saturated heterocycles. The maximum Gasteiger partial charge on any atom is 0.343 e. The van der Waals surface area contributed by atoms with Gasteiger partial charge in [-0.05, 0) is 18.2 Å². The number of allylic oxidation sites excluding steroid dienone is 2. The second-order valence-corrected chi connectivity index (χ2v) is 3.88. The number of rotatable bonds is 6. The van der Waals surface area contributed by atoms with Crippen LogP contribution in [0.1, 0.15) is 15.9 Å². The number of hydrogen-bond acceptors (Lipinski definition) is 5. The van der Waals surface area contributed by atoms with Crippen LogP contribution in [0, 0.1) is 11.3 Å². The maximum atomic E-state index is 11.1. The van der Waals surface area contributed by atoms with Crippen LogP contribution < -0.4 is 4.74 Å². The molecular formula is C15H14N2O4. The molecule has 0 unspecified atom stereocenters. The summed E-state index contributed by atoms with van der Waals surface area (Å²) >= 11 is 0. The molecule has 2 N–H and O–H groups in total. The zero-order valence-electron chi connectivity index (χ0n) is 11.4. The predicted molar refractivity (Wildman–Crippen MR) is 78.0 cm³/mol. The molecule has 0 heterocycles. The molecule has 0 radical (unpaired) electrons. The summed E-state index contributed by atoms with van der Waals surface area (Å²) < 4.78 is 5.36. The first-order valence-corrected chi connectivity index (χ1v) is 5.91. The fraction of sp³-hybridized carbons (Fsp3) is 0.133. The Bertz CT molecular complexity index is 654. The minimum Gasteiger partial charge on any atom is -0.507 e. The van der Waals surface area contributed by atoms with Crippen LogP contribution in [0.3, 0.4) is 0 Å². The summed E-state index contributed by atoms with van der Waals surface area (Å²) in [6, 6.07) is 4.15. The normalized spacial score (nSPS) is 11.1. The van der Waals surface area contributed by atoms with Gasteiger partial charge in [-0.3, -0.25) is 4.99 Å². The molecule has 0 bridgehead atoms. The van der Waals surface area contributed by atoms with E-state index in [1.54, 1.807) is 25.3 Å². The van der Waals surface area contributed by atoms with Crippen LogP contribution in [0.4, 0.5) is 0 Å². The summed E-state index contributed by atoms with van der Waals surface area (Å²) in [7, 11) is 1.56. The van der Waals surface area contributed by atoms with Crippen molar-refractivity contribution in [3.05, 3.63) is 48.1 Å². The average molecular weight is 286 g/mol. The van der Waals surface area contributed by atoms with E-state index in [0.717, 1.165) is 6.07 Å². The van der Waals surface area contributed by atoms with Gasteiger partial charge in [-0.1, -0.05) is 18.7 Å². The number of aromatic hydroxyl groups is 1. The largest absolute Gasteiger partial charge is 0.507 e. The van der Waals surface area contributed by atoms with Crippen molar-refractivity contribution in [2.75, 3.05) is 13.7 Å². The number of aliphatic imine (C=N–C) groups is 1. The molecule has 6 nitrogen and oxygen atoms in total. The van der Waals surface area contributed by atoms with Gasteiger partial charge in [0.1, 0.15) is 23.7 Å². The third-order valence-corrected chi connectivity index (χ3v) is 2.51. The number of ether oxygens (including phenoxy) is 1. The van der Waals surface area contributed by atoms with E-state index in [2.05, 4.69) is 11.6 Å². The lowest BCUT2D eigenvalue weighted by Crippen LogP contribution is -2.12. The highest BCUT2D eigenvalue weighted by Crippen LogP contribution is 2.29. The summed E-state index contributed by atoms with van der Waals surface area (Å²) in [5.74, 6) is -1.95. The Morgan fingerprint density at radius 2 is 2.29 bits per heavy atom. The van der Waals surface area contributed by atoms with Crippen molar-refractivity contribution in [2.24, 2.45) is 4.99 Å². The lowest BCUT2D eigenvalue weighted by Gasteiger charge is -2.11. The quantitative estimate of drug-likeness (QED) is 0.616. The molecule has 0 atom stereocenters. The Kier molecular flexibility index (Phi) is 5.71. The van der Waals surface area contributed by atoms with Crippen molar-refractivity contribution < 1.29 is 19.7 Å². The highest BCUT2D eigenvalue weighted by Gasteiger charge is 2.18. The van der Waals surface area contributed by atoms with Crippen molar-refractivity contribution in [1.29, 1.82) is 5.26 Å². The Morgan fingerprint density at radius 3 is 2.81 bits per heavy atom. The number of nitrogens with zero attached hydrogens (tertiary/aromatic N) is 2. The van der Waals surface area contributed by atoms with E-state index in [4.69, 9.17) is 15.1 Å². The molecule has 1 rings (SSSR count). The lowest BCUT2D eigenvalue weighted by molar-refractivity contribution is 0.0689. The summed E-state index contributed by atoms with van der Waals surface area (Å²) in [5.41, 5.74) is 0.259. The molecule has 0 aliphatic heterocycles. The zero-order chi connectivity index (χ0) is 15.8. The highest BCUT2D eigenvalue weighted by atomic mass is 16.5. The van der Waals surface area contributed by atoms with E-state index in [1.807, 2.05) is 6.07 Å².